The van der Waals surface area contributed by atoms with E-state index in [1.165, 1.54) is 0 Å². The largest absolute Gasteiger partial charge is 0.493 e. The lowest BCUT2D eigenvalue weighted by Crippen LogP contribution is -2.49. The van der Waals surface area contributed by atoms with E-state index in [2.05, 4.69) is 4.90 Å². The highest BCUT2D eigenvalue weighted by atomic mass is 35.5. The summed E-state index contributed by atoms with van der Waals surface area (Å²) in [6, 6.07) is 4.99. The van der Waals surface area contributed by atoms with Gasteiger partial charge in [-0.25, -0.2) is 0 Å². The first-order valence-electron chi connectivity index (χ1n) is 8.95. The van der Waals surface area contributed by atoms with Crippen LogP contribution in [0.15, 0.2) is 18.2 Å². The van der Waals surface area contributed by atoms with Crippen molar-refractivity contribution in [3.05, 3.63) is 23.8 Å². The van der Waals surface area contributed by atoms with Gasteiger partial charge >= 0.3 is 0 Å². The normalized spacial score (nSPS) is 18.3. The maximum atomic E-state index is 12.6. The molecule has 0 atom stereocenters. The number of methoxy groups -OCH3 is 1. The molecule has 3 rings (SSSR count). The minimum Gasteiger partial charge on any atom is -0.493 e. The van der Waals surface area contributed by atoms with Gasteiger partial charge in [0, 0.05) is 31.7 Å². The zero-order chi connectivity index (χ0) is 17.8. The van der Waals surface area contributed by atoms with Gasteiger partial charge in [0.1, 0.15) is 0 Å². The topological polar surface area (TPSA) is 59.1 Å². The van der Waals surface area contributed by atoms with Crippen LogP contribution in [-0.2, 0) is 4.79 Å². The van der Waals surface area contributed by atoms with Crippen molar-refractivity contribution >= 4 is 24.1 Å². The smallest absolute Gasteiger partial charge is 0.295 e. The van der Waals surface area contributed by atoms with Crippen LogP contribution in [0.5, 0.6) is 11.5 Å². The summed E-state index contributed by atoms with van der Waals surface area (Å²) >= 11 is 0. The van der Waals surface area contributed by atoms with Gasteiger partial charge in [-0.05, 0) is 50.9 Å². The van der Waals surface area contributed by atoms with Gasteiger partial charge in [0.15, 0.2) is 11.5 Å². The Morgan fingerprint density at radius 3 is 2.31 bits per heavy atom. The van der Waals surface area contributed by atoms with Crippen molar-refractivity contribution in [3.63, 3.8) is 0 Å². The highest BCUT2D eigenvalue weighted by Crippen LogP contribution is 2.32. The molecule has 0 N–H and O–H groups in total. The number of likely N-dealkylation sites (N-methyl/N-ethyl adjacent to an activating group) is 1. The van der Waals surface area contributed by atoms with Crippen molar-refractivity contribution in [3.8, 4) is 11.5 Å². The molecule has 2 fully saturated rings. The van der Waals surface area contributed by atoms with Crippen LogP contribution in [0.4, 0.5) is 0 Å². The zero-order valence-electron chi connectivity index (χ0n) is 15.4. The maximum Gasteiger partial charge on any atom is 0.295 e. The highest BCUT2D eigenvalue weighted by Gasteiger charge is 2.27. The molecule has 7 heteroatoms. The third-order valence-corrected chi connectivity index (χ3v) is 5.01. The molecule has 1 heterocycles. The van der Waals surface area contributed by atoms with Crippen molar-refractivity contribution in [1.29, 1.82) is 0 Å². The number of ketones is 1. The number of amides is 1. The number of carbonyl (C=O) groups excluding carboxylic acids is 2. The monoisotopic (exact) mass is 382 g/mol. The number of hydrogen-bond donors (Lipinski definition) is 0. The molecule has 1 aromatic carbocycles. The van der Waals surface area contributed by atoms with E-state index in [0.29, 0.717) is 30.2 Å². The Kier molecular flexibility index (Phi) is 7.29. The van der Waals surface area contributed by atoms with E-state index in [-0.39, 0.29) is 18.5 Å². The molecule has 1 saturated carbocycles. The molecule has 0 unspecified atom stereocenters. The van der Waals surface area contributed by atoms with Crippen molar-refractivity contribution in [2.24, 2.45) is 0 Å². The van der Waals surface area contributed by atoms with Gasteiger partial charge in [0.25, 0.3) is 11.7 Å². The Balaban J connectivity index is 0.00000243. The van der Waals surface area contributed by atoms with Gasteiger partial charge < -0.3 is 19.3 Å². The molecule has 1 aliphatic heterocycles. The zero-order valence-corrected chi connectivity index (χ0v) is 16.2. The molecule has 26 heavy (non-hydrogen) atoms. The lowest BCUT2D eigenvalue weighted by Gasteiger charge is -2.31. The molecule has 6 nitrogen and oxygen atoms in total. The second-order valence-corrected chi connectivity index (χ2v) is 6.81. The Morgan fingerprint density at radius 2 is 1.69 bits per heavy atom. The van der Waals surface area contributed by atoms with Crippen LogP contribution < -0.4 is 9.47 Å². The van der Waals surface area contributed by atoms with Crippen molar-refractivity contribution in [1.82, 2.24) is 9.80 Å². The number of Topliss-reactive ketones (excluding diaryl/α,β-unsaturated/α-hetero) is 1. The lowest BCUT2D eigenvalue weighted by atomic mass is 10.1. The summed E-state index contributed by atoms with van der Waals surface area (Å²) in [4.78, 5) is 28.9. The Morgan fingerprint density at radius 1 is 1.04 bits per heavy atom. The summed E-state index contributed by atoms with van der Waals surface area (Å²) in [5, 5.41) is 0. The van der Waals surface area contributed by atoms with Crippen LogP contribution in [0, 0.1) is 0 Å². The van der Waals surface area contributed by atoms with Crippen LogP contribution in [0.1, 0.15) is 36.0 Å². The average molecular weight is 383 g/mol. The SMILES string of the molecule is COc1ccc(C(=O)C(=O)N2CCN(C)CC2)cc1OC1CCCC1.Cl. The number of ether oxygens (including phenoxy) is 2. The number of rotatable bonds is 5. The first-order valence-corrected chi connectivity index (χ1v) is 8.95. The first kappa shape index (κ1) is 20.5. The molecular weight excluding hydrogens is 356 g/mol. The van der Waals surface area contributed by atoms with Crippen molar-refractivity contribution < 1.29 is 19.1 Å². The van der Waals surface area contributed by atoms with E-state index in [1.54, 1.807) is 30.2 Å². The van der Waals surface area contributed by atoms with Crippen LogP contribution in [0.2, 0.25) is 0 Å². The minimum atomic E-state index is -0.483. The highest BCUT2D eigenvalue weighted by molar-refractivity contribution is 6.42. The summed E-state index contributed by atoms with van der Waals surface area (Å²) in [5.41, 5.74) is 0.359. The molecule has 1 aliphatic carbocycles. The molecule has 2 aliphatic rings. The molecule has 0 aromatic heterocycles. The van der Waals surface area contributed by atoms with E-state index in [4.69, 9.17) is 9.47 Å². The average Bonchev–Trinajstić information content (AvgIpc) is 3.14. The number of carbonyl (C=O) groups is 2. The van der Waals surface area contributed by atoms with Crippen LogP contribution >= 0.6 is 12.4 Å². The molecule has 0 bridgehead atoms. The number of piperazine rings is 1. The van der Waals surface area contributed by atoms with Crippen LogP contribution in [-0.4, -0.2) is 67.9 Å². The third kappa shape index (κ3) is 4.68. The maximum absolute atomic E-state index is 12.6. The van der Waals surface area contributed by atoms with E-state index in [0.717, 1.165) is 38.8 Å². The summed E-state index contributed by atoms with van der Waals surface area (Å²) < 4.78 is 11.4. The number of benzene rings is 1. The fraction of sp³-hybridized carbons (Fsp3) is 0.579. The molecule has 1 amide bonds. The van der Waals surface area contributed by atoms with Crippen LogP contribution in [0.3, 0.4) is 0 Å². The first-order chi connectivity index (χ1) is 12.1. The number of nitrogens with zero attached hydrogens (tertiary/aromatic N) is 2. The molecular formula is C19H27ClN2O4. The Bertz CT molecular complexity index is 638. The summed E-state index contributed by atoms with van der Waals surface area (Å²) in [6.07, 6.45) is 4.51. The van der Waals surface area contributed by atoms with Gasteiger partial charge in [-0.3, -0.25) is 9.59 Å². The summed E-state index contributed by atoms with van der Waals surface area (Å²) in [6.45, 7) is 2.75. The molecule has 1 aromatic rings. The van der Waals surface area contributed by atoms with E-state index in [1.807, 2.05) is 7.05 Å². The number of hydrogen-bond acceptors (Lipinski definition) is 5. The molecule has 1 saturated heterocycles. The van der Waals surface area contributed by atoms with Gasteiger partial charge in [-0.15, -0.1) is 12.4 Å². The standard InChI is InChI=1S/C19H26N2O4.ClH/c1-20-9-11-21(12-10-20)19(23)18(22)14-7-8-16(24-2)17(13-14)25-15-5-3-4-6-15;/h7-8,13,15H,3-6,9-12H2,1-2H3;1H. The molecule has 0 radical (unpaired) electrons. The minimum absolute atomic E-state index is 0. The van der Waals surface area contributed by atoms with E-state index < -0.39 is 11.7 Å². The fourth-order valence-electron chi connectivity index (χ4n) is 3.37. The Labute approximate surface area is 160 Å². The van der Waals surface area contributed by atoms with Gasteiger partial charge in [0.05, 0.1) is 13.2 Å². The lowest BCUT2D eigenvalue weighted by molar-refractivity contribution is -0.127. The predicted molar refractivity (Wildman–Crippen MR) is 102 cm³/mol. The van der Waals surface area contributed by atoms with Gasteiger partial charge in [-0.2, -0.15) is 0 Å². The fourth-order valence-corrected chi connectivity index (χ4v) is 3.37. The van der Waals surface area contributed by atoms with Crippen LogP contribution in [0.25, 0.3) is 0 Å². The third-order valence-electron chi connectivity index (χ3n) is 5.01. The molecule has 144 valence electrons. The second-order valence-electron chi connectivity index (χ2n) is 6.81. The Hall–Kier alpha value is -1.79. The van der Waals surface area contributed by atoms with Crippen molar-refractivity contribution in [2.75, 3.05) is 40.3 Å². The number of halogens is 1. The van der Waals surface area contributed by atoms with E-state index >= 15 is 0 Å². The second kappa shape index (κ2) is 9.24. The quantitative estimate of drug-likeness (QED) is 0.578. The van der Waals surface area contributed by atoms with E-state index in [9.17, 15) is 9.59 Å². The van der Waals surface area contributed by atoms with Crippen molar-refractivity contribution in [2.45, 2.75) is 31.8 Å². The summed E-state index contributed by atoms with van der Waals surface area (Å²) in [5.74, 6) is 0.218. The van der Waals surface area contributed by atoms with Gasteiger partial charge in [-0.1, -0.05) is 0 Å². The molecule has 0 spiro atoms. The summed E-state index contributed by atoms with van der Waals surface area (Å²) in [7, 11) is 3.59. The van der Waals surface area contributed by atoms with Gasteiger partial charge in [0.2, 0.25) is 0 Å². The predicted octanol–water partition coefficient (Wildman–Crippen LogP) is 2.40.